The van der Waals surface area contributed by atoms with Gasteiger partial charge in [-0.05, 0) is 58.3 Å². The van der Waals surface area contributed by atoms with Gasteiger partial charge >= 0.3 is 0 Å². The Morgan fingerprint density at radius 3 is 2.72 bits per heavy atom. The van der Waals surface area contributed by atoms with Gasteiger partial charge in [-0.1, -0.05) is 24.4 Å². The Morgan fingerprint density at radius 2 is 2.00 bits per heavy atom. The molecular formula is C19H33IN4O. The third kappa shape index (κ3) is 5.34. The second-order valence-corrected chi connectivity index (χ2v) is 7.42. The molecule has 2 aliphatic rings. The molecule has 25 heavy (non-hydrogen) atoms. The van der Waals surface area contributed by atoms with Gasteiger partial charge in [-0.2, -0.15) is 0 Å². The molecule has 5 nitrogen and oxygen atoms in total. The maximum atomic E-state index is 5.23. The second-order valence-electron chi connectivity index (χ2n) is 7.42. The Hall–Kier alpha value is -0.790. The number of nitrogens with one attached hydrogen (secondary N) is 2. The SMILES string of the molecule is CCNC(=NCCc1c(C)noc1C)NC1CCC2CCCC2C1.I. The molecular weight excluding hydrogens is 427 g/mol. The standard InChI is InChI=1S/C19H32N4O.HI/c1-4-20-19(21-11-10-18-13(2)23-24-14(18)3)22-17-9-8-15-6-5-7-16(15)12-17;/h15-17H,4-12H2,1-3H3,(H2,20,21,22);1H. The molecule has 0 radical (unpaired) electrons. The first-order valence-electron chi connectivity index (χ1n) is 9.64. The summed E-state index contributed by atoms with van der Waals surface area (Å²) in [6.07, 6.45) is 9.21. The van der Waals surface area contributed by atoms with Crippen molar-refractivity contribution in [3.05, 3.63) is 17.0 Å². The maximum Gasteiger partial charge on any atom is 0.191 e. The lowest BCUT2D eigenvalue weighted by atomic mass is 9.79. The van der Waals surface area contributed by atoms with Crippen molar-refractivity contribution < 1.29 is 4.52 Å². The number of aromatic nitrogens is 1. The Morgan fingerprint density at radius 1 is 1.20 bits per heavy atom. The second kappa shape index (κ2) is 9.78. The Kier molecular flexibility index (Phi) is 8.03. The highest BCUT2D eigenvalue weighted by molar-refractivity contribution is 14.0. The first kappa shape index (κ1) is 20.5. The van der Waals surface area contributed by atoms with Gasteiger partial charge in [-0.15, -0.1) is 24.0 Å². The van der Waals surface area contributed by atoms with Crippen LogP contribution in [0.15, 0.2) is 9.52 Å². The number of halogens is 1. The number of nitrogens with zero attached hydrogens (tertiary/aromatic N) is 2. The molecule has 1 heterocycles. The first-order valence-corrected chi connectivity index (χ1v) is 9.64. The molecule has 6 heteroatoms. The first-order chi connectivity index (χ1) is 11.7. The van der Waals surface area contributed by atoms with Crippen molar-refractivity contribution in [2.24, 2.45) is 16.8 Å². The fraction of sp³-hybridized carbons (Fsp3) is 0.789. The number of rotatable bonds is 5. The lowest BCUT2D eigenvalue weighted by Crippen LogP contribution is -2.46. The fourth-order valence-corrected chi connectivity index (χ4v) is 4.49. The van der Waals surface area contributed by atoms with E-state index in [9.17, 15) is 0 Å². The van der Waals surface area contributed by atoms with Crippen LogP contribution in [-0.2, 0) is 6.42 Å². The van der Waals surface area contributed by atoms with Crippen LogP contribution in [0.2, 0.25) is 0 Å². The van der Waals surface area contributed by atoms with Gasteiger partial charge in [0.15, 0.2) is 5.96 Å². The molecule has 2 N–H and O–H groups in total. The normalized spacial score (nSPS) is 26.0. The lowest BCUT2D eigenvalue weighted by molar-refractivity contribution is 0.239. The van der Waals surface area contributed by atoms with Crippen molar-refractivity contribution >= 4 is 29.9 Å². The molecule has 0 aromatic carbocycles. The minimum Gasteiger partial charge on any atom is -0.361 e. The van der Waals surface area contributed by atoms with Crippen molar-refractivity contribution in [3.8, 4) is 0 Å². The number of hydrogen-bond donors (Lipinski definition) is 2. The Bertz CT molecular complexity index is 552. The molecule has 2 saturated carbocycles. The van der Waals surface area contributed by atoms with E-state index in [1.54, 1.807) is 0 Å². The summed E-state index contributed by atoms with van der Waals surface area (Å²) in [5.74, 6) is 3.83. The van der Waals surface area contributed by atoms with E-state index < -0.39 is 0 Å². The van der Waals surface area contributed by atoms with Crippen LogP contribution in [0.3, 0.4) is 0 Å². The van der Waals surface area contributed by atoms with Crippen molar-refractivity contribution in [2.45, 2.75) is 71.8 Å². The molecule has 0 saturated heterocycles. The van der Waals surface area contributed by atoms with E-state index in [1.807, 2.05) is 13.8 Å². The zero-order valence-corrected chi connectivity index (χ0v) is 18.1. The van der Waals surface area contributed by atoms with E-state index in [4.69, 9.17) is 9.52 Å². The highest BCUT2D eigenvalue weighted by Gasteiger charge is 2.33. The number of fused-ring (bicyclic) bond motifs is 1. The van der Waals surface area contributed by atoms with Gasteiger partial charge in [0, 0.05) is 24.7 Å². The molecule has 0 aliphatic heterocycles. The molecule has 0 amide bonds. The molecule has 2 aliphatic carbocycles. The molecule has 0 bridgehead atoms. The molecule has 3 unspecified atom stereocenters. The average Bonchev–Trinajstić information content (AvgIpc) is 3.15. The van der Waals surface area contributed by atoms with Crippen LogP contribution in [0.25, 0.3) is 0 Å². The van der Waals surface area contributed by atoms with Crippen LogP contribution >= 0.6 is 24.0 Å². The van der Waals surface area contributed by atoms with Crippen molar-refractivity contribution in [3.63, 3.8) is 0 Å². The Balaban J connectivity index is 0.00000225. The summed E-state index contributed by atoms with van der Waals surface area (Å²) in [5.41, 5.74) is 2.18. The van der Waals surface area contributed by atoms with Crippen molar-refractivity contribution in [2.75, 3.05) is 13.1 Å². The summed E-state index contributed by atoms with van der Waals surface area (Å²) in [5, 5.41) is 11.1. The van der Waals surface area contributed by atoms with Gasteiger partial charge in [0.05, 0.1) is 5.69 Å². The van der Waals surface area contributed by atoms with E-state index in [1.165, 1.54) is 44.1 Å². The predicted molar refractivity (Wildman–Crippen MR) is 113 cm³/mol. The van der Waals surface area contributed by atoms with Gasteiger partial charge < -0.3 is 15.2 Å². The van der Waals surface area contributed by atoms with E-state index in [0.717, 1.165) is 48.8 Å². The number of hydrogen-bond acceptors (Lipinski definition) is 3. The smallest absolute Gasteiger partial charge is 0.191 e. The van der Waals surface area contributed by atoms with Crippen LogP contribution in [-0.4, -0.2) is 30.2 Å². The largest absolute Gasteiger partial charge is 0.361 e. The summed E-state index contributed by atoms with van der Waals surface area (Å²) in [4.78, 5) is 4.78. The lowest BCUT2D eigenvalue weighted by Gasteiger charge is -2.33. The molecule has 2 fully saturated rings. The topological polar surface area (TPSA) is 62.5 Å². The van der Waals surface area contributed by atoms with Gasteiger partial charge in [0.25, 0.3) is 0 Å². The minimum absolute atomic E-state index is 0. The summed E-state index contributed by atoms with van der Waals surface area (Å²) in [7, 11) is 0. The molecule has 1 aromatic rings. The quantitative estimate of drug-likeness (QED) is 0.397. The van der Waals surface area contributed by atoms with Crippen molar-refractivity contribution in [1.82, 2.24) is 15.8 Å². The summed E-state index contributed by atoms with van der Waals surface area (Å²) < 4.78 is 5.23. The van der Waals surface area contributed by atoms with Crippen LogP contribution in [0.4, 0.5) is 0 Å². The van der Waals surface area contributed by atoms with Gasteiger partial charge in [-0.25, -0.2) is 0 Å². The van der Waals surface area contributed by atoms with Crippen LogP contribution in [0, 0.1) is 25.7 Å². The monoisotopic (exact) mass is 460 g/mol. The molecule has 3 atom stereocenters. The fourth-order valence-electron chi connectivity index (χ4n) is 4.49. The third-order valence-corrected chi connectivity index (χ3v) is 5.79. The highest BCUT2D eigenvalue weighted by atomic mass is 127. The molecule has 0 spiro atoms. The van der Waals surface area contributed by atoms with E-state index >= 15 is 0 Å². The Labute approximate surface area is 168 Å². The van der Waals surface area contributed by atoms with Crippen LogP contribution in [0.5, 0.6) is 0 Å². The number of guanidine groups is 1. The average molecular weight is 460 g/mol. The highest BCUT2D eigenvalue weighted by Crippen LogP contribution is 2.41. The molecule has 142 valence electrons. The number of aliphatic imine (C=N–C) groups is 1. The maximum absolute atomic E-state index is 5.23. The van der Waals surface area contributed by atoms with Gasteiger partial charge in [-0.3, -0.25) is 4.99 Å². The predicted octanol–water partition coefficient (Wildman–Crippen LogP) is 3.98. The zero-order chi connectivity index (χ0) is 16.9. The third-order valence-electron chi connectivity index (χ3n) is 5.79. The summed E-state index contributed by atoms with van der Waals surface area (Å²) in [6, 6.07) is 0.584. The molecule has 3 rings (SSSR count). The zero-order valence-electron chi connectivity index (χ0n) is 15.8. The number of aryl methyl sites for hydroxylation is 2. The van der Waals surface area contributed by atoms with Crippen LogP contribution in [0.1, 0.15) is 62.5 Å². The van der Waals surface area contributed by atoms with Crippen LogP contribution < -0.4 is 10.6 Å². The summed E-state index contributed by atoms with van der Waals surface area (Å²) in [6.45, 7) is 7.76. The van der Waals surface area contributed by atoms with Crippen molar-refractivity contribution in [1.29, 1.82) is 0 Å². The van der Waals surface area contributed by atoms with E-state index in [2.05, 4.69) is 22.7 Å². The van der Waals surface area contributed by atoms with E-state index in [0.29, 0.717) is 6.04 Å². The minimum atomic E-state index is 0. The van der Waals surface area contributed by atoms with Gasteiger partial charge in [0.1, 0.15) is 5.76 Å². The van der Waals surface area contributed by atoms with Gasteiger partial charge in [0.2, 0.25) is 0 Å². The van der Waals surface area contributed by atoms with E-state index in [-0.39, 0.29) is 24.0 Å². The summed E-state index contributed by atoms with van der Waals surface area (Å²) >= 11 is 0. The molecule has 1 aromatic heterocycles.